The van der Waals surface area contributed by atoms with E-state index >= 15 is 0 Å². The maximum Gasteiger partial charge on any atom is 0.490 e. The van der Waals surface area contributed by atoms with Gasteiger partial charge in [0.25, 0.3) is 0 Å². The van der Waals surface area contributed by atoms with E-state index in [9.17, 15) is 13.2 Å². The van der Waals surface area contributed by atoms with Crippen molar-refractivity contribution in [2.45, 2.75) is 51.9 Å². The van der Waals surface area contributed by atoms with Crippen molar-refractivity contribution in [3.63, 3.8) is 0 Å². The lowest BCUT2D eigenvalue weighted by Gasteiger charge is -2.32. The lowest BCUT2D eigenvalue weighted by atomic mass is 9.82. The number of benzene rings is 2. The Kier molecular flexibility index (Phi) is 10.9. The van der Waals surface area contributed by atoms with Crippen LogP contribution in [0.2, 0.25) is 0 Å². The Balaban J connectivity index is 0.000000509. The van der Waals surface area contributed by atoms with Crippen LogP contribution < -0.4 is 11.1 Å². The molecule has 188 valence electrons. The molecule has 8 heteroatoms. The fraction of sp³-hybridized carbons (Fsp3) is 0.500. The van der Waals surface area contributed by atoms with Gasteiger partial charge in [-0.05, 0) is 74.2 Å². The van der Waals surface area contributed by atoms with Crippen molar-refractivity contribution in [1.82, 2.24) is 4.90 Å². The van der Waals surface area contributed by atoms with E-state index in [1.807, 2.05) is 7.05 Å². The van der Waals surface area contributed by atoms with Gasteiger partial charge in [-0.25, -0.2) is 4.79 Å². The van der Waals surface area contributed by atoms with E-state index in [1.165, 1.54) is 54.6 Å². The summed E-state index contributed by atoms with van der Waals surface area (Å²) in [5.74, 6) is -1.21. The molecule has 0 bridgehead atoms. The zero-order valence-corrected chi connectivity index (χ0v) is 19.9. The molecule has 1 aliphatic rings. The van der Waals surface area contributed by atoms with E-state index < -0.39 is 12.1 Å². The highest BCUT2D eigenvalue weighted by Gasteiger charge is 2.38. The highest BCUT2D eigenvalue weighted by Crippen LogP contribution is 2.29. The molecule has 0 aromatic heterocycles. The summed E-state index contributed by atoms with van der Waals surface area (Å²) in [5.41, 5.74) is 11.2. The van der Waals surface area contributed by atoms with E-state index in [-0.39, 0.29) is 0 Å². The van der Waals surface area contributed by atoms with E-state index in [4.69, 9.17) is 15.6 Å². The van der Waals surface area contributed by atoms with Crippen LogP contribution in [0, 0.1) is 18.8 Å². The molecule has 0 unspecified atom stereocenters. The number of nitrogens with zero attached hydrogens (tertiary/aromatic N) is 1. The number of rotatable bonds is 8. The fourth-order valence-corrected chi connectivity index (χ4v) is 4.19. The number of halogens is 3. The molecule has 0 aliphatic heterocycles. The van der Waals surface area contributed by atoms with Gasteiger partial charge in [-0.2, -0.15) is 13.2 Å². The van der Waals surface area contributed by atoms with Crippen molar-refractivity contribution >= 4 is 11.7 Å². The molecule has 0 amide bonds. The minimum absolute atomic E-state index is 0.751. The minimum atomic E-state index is -5.08. The third-order valence-corrected chi connectivity index (χ3v) is 6.23. The molecule has 0 radical (unpaired) electrons. The normalized spacial score (nSPS) is 18.2. The van der Waals surface area contributed by atoms with Crippen molar-refractivity contribution < 1.29 is 23.1 Å². The van der Waals surface area contributed by atoms with Gasteiger partial charge in [0.05, 0.1) is 0 Å². The largest absolute Gasteiger partial charge is 0.490 e. The molecule has 4 N–H and O–H groups in total. The third-order valence-electron chi connectivity index (χ3n) is 6.23. The van der Waals surface area contributed by atoms with Crippen LogP contribution in [0.3, 0.4) is 0 Å². The van der Waals surface area contributed by atoms with E-state index in [2.05, 4.69) is 65.7 Å². The van der Waals surface area contributed by atoms with Crippen LogP contribution in [0.25, 0.3) is 0 Å². The highest BCUT2D eigenvalue weighted by molar-refractivity contribution is 5.73. The highest BCUT2D eigenvalue weighted by atomic mass is 19.4. The second kappa shape index (κ2) is 13.3. The summed E-state index contributed by atoms with van der Waals surface area (Å²) >= 11 is 0. The Bertz CT molecular complexity index is 862. The van der Waals surface area contributed by atoms with Crippen LogP contribution in [0.5, 0.6) is 0 Å². The number of alkyl halides is 3. The quantitative estimate of drug-likeness (QED) is 0.470. The van der Waals surface area contributed by atoms with Crippen LogP contribution in [0.4, 0.5) is 18.9 Å². The number of nitrogens with one attached hydrogen (secondary N) is 1. The Hall–Kier alpha value is -2.58. The van der Waals surface area contributed by atoms with Crippen molar-refractivity contribution in [2.75, 3.05) is 25.5 Å². The number of aryl methyl sites for hydroxylation is 1. The zero-order chi connectivity index (χ0) is 25.1. The predicted octanol–water partition coefficient (Wildman–Crippen LogP) is 5.44. The lowest BCUT2D eigenvalue weighted by Crippen LogP contribution is -2.32. The second-order valence-corrected chi connectivity index (χ2v) is 9.03. The number of aliphatic carboxylic acids is 1. The zero-order valence-electron chi connectivity index (χ0n) is 19.9. The van der Waals surface area contributed by atoms with Crippen LogP contribution >= 0.6 is 0 Å². The van der Waals surface area contributed by atoms with Crippen LogP contribution in [0.1, 0.15) is 42.4 Å². The van der Waals surface area contributed by atoms with Gasteiger partial charge in [0.1, 0.15) is 0 Å². The van der Waals surface area contributed by atoms with Gasteiger partial charge in [-0.15, -0.1) is 0 Å². The molecule has 2 aromatic rings. The number of carbonyl (C=O) groups is 1. The molecular weight excluding hydrogens is 443 g/mol. The summed E-state index contributed by atoms with van der Waals surface area (Å²) in [6.45, 7) is 6.22. The predicted molar refractivity (Wildman–Crippen MR) is 129 cm³/mol. The number of carboxylic acids is 1. The van der Waals surface area contributed by atoms with Crippen molar-refractivity contribution in [1.29, 1.82) is 0 Å². The van der Waals surface area contributed by atoms with E-state index in [1.54, 1.807) is 0 Å². The number of hydrogen-bond acceptors (Lipinski definition) is 4. The fourth-order valence-electron chi connectivity index (χ4n) is 4.19. The Morgan fingerprint density at radius 2 is 1.41 bits per heavy atom. The summed E-state index contributed by atoms with van der Waals surface area (Å²) in [7, 11) is 1.97. The number of carboxylic acid groups (broad SMARTS) is 1. The Labute approximate surface area is 200 Å². The Morgan fingerprint density at radius 1 is 0.971 bits per heavy atom. The van der Waals surface area contributed by atoms with Gasteiger partial charge in [0.15, 0.2) is 0 Å². The van der Waals surface area contributed by atoms with Gasteiger partial charge in [0, 0.05) is 32.4 Å². The van der Waals surface area contributed by atoms with Crippen molar-refractivity contribution in [3.8, 4) is 0 Å². The first-order valence-corrected chi connectivity index (χ1v) is 11.7. The molecule has 1 fully saturated rings. The maximum atomic E-state index is 10.6. The van der Waals surface area contributed by atoms with Crippen LogP contribution in [-0.2, 0) is 17.9 Å². The van der Waals surface area contributed by atoms with Gasteiger partial charge in [0.2, 0.25) is 0 Å². The SMILES string of the molecule is CNc1ccc(CN(Cc2ccc(C)cc2)CC2CCC(CN)CC2)cc1.O=C(O)C(F)(F)F. The van der Waals surface area contributed by atoms with Gasteiger partial charge in [-0.3, -0.25) is 4.90 Å². The molecule has 5 nitrogen and oxygen atoms in total. The minimum Gasteiger partial charge on any atom is -0.475 e. The van der Waals surface area contributed by atoms with Crippen molar-refractivity contribution in [2.24, 2.45) is 17.6 Å². The molecule has 1 aliphatic carbocycles. The molecule has 0 atom stereocenters. The Morgan fingerprint density at radius 3 is 1.82 bits per heavy atom. The average Bonchev–Trinajstić information content (AvgIpc) is 2.81. The molecule has 1 saturated carbocycles. The van der Waals surface area contributed by atoms with Crippen LogP contribution in [-0.4, -0.2) is 42.3 Å². The summed E-state index contributed by atoms with van der Waals surface area (Å²) in [5, 5.41) is 10.3. The number of nitrogens with two attached hydrogens (primary N) is 1. The summed E-state index contributed by atoms with van der Waals surface area (Å²) in [4.78, 5) is 11.5. The first-order valence-electron chi connectivity index (χ1n) is 11.7. The smallest absolute Gasteiger partial charge is 0.475 e. The van der Waals surface area contributed by atoms with Crippen LogP contribution in [0.15, 0.2) is 48.5 Å². The van der Waals surface area contributed by atoms with Crippen molar-refractivity contribution in [3.05, 3.63) is 65.2 Å². The molecule has 2 aromatic carbocycles. The summed E-state index contributed by atoms with van der Waals surface area (Å²) in [6.07, 6.45) is 0.169. The molecule has 34 heavy (non-hydrogen) atoms. The molecule has 0 spiro atoms. The molecule has 0 heterocycles. The molecule has 3 rings (SSSR count). The van der Waals surface area contributed by atoms with Gasteiger partial charge < -0.3 is 16.2 Å². The number of hydrogen-bond donors (Lipinski definition) is 3. The van der Waals surface area contributed by atoms with E-state index in [0.717, 1.165) is 31.5 Å². The summed E-state index contributed by atoms with van der Waals surface area (Å²) < 4.78 is 31.7. The summed E-state index contributed by atoms with van der Waals surface area (Å²) in [6, 6.07) is 17.8. The third kappa shape index (κ3) is 9.73. The van der Waals surface area contributed by atoms with Gasteiger partial charge in [-0.1, -0.05) is 42.0 Å². The topological polar surface area (TPSA) is 78.6 Å². The standard InChI is InChI=1S/C24H35N3.C2HF3O2/c1-19-3-5-21(6-4-19)16-27(17-22-9-7-20(15-25)8-10-22)18-23-11-13-24(26-2)14-12-23;3-2(4,5)1(6)7/h3-6,11-14,20,22,26H,7-10,15-18,25H2,1-2H3;(H,6,7). The number of anilines is 1. The lowest BCUT2D eigenvalue weighted by molar-refractivity contribution is -0.192. The van der Waals surface area contributed by atoms with E-state index in [0.29, 0.717) is 0 Å². The second-order valence-electron chi connectivity index (χ2n) is 9.03. The molecular formula is C26H36F3N3O2. The van der Waals surface area contributed by atoms with Gasteiger partial charge >= 0.3 is 12.1 Å². The molecule has 0 saturated heterocycles. The average molecular weight is 480 g/mol. The first-order chi connectivity index (χ1) is 16.1. The maximum absolute atomic E-state index is 10.6. The monoisotopic (exact) mass is 479 g/mol. The first kappa shape index (κ1) is 27.7.